The zero-order chi connectivity index (χ0) is 46.1. The lowest BCUT2D eigenvalue weighted by Gasteiger charge is -2.30. The Kier molecular flexibility index (Phi) is 21.2. The van der Waals surface area contributed by atoms with Crippen molar-refractivity contribution in [3.05, 3.63) is 49.1 Å². The number of phosphoric acid groups is 3. The quantitative estimate of drug-likeness (QED) is 0.0352. The van der Waals surface area contributed by atoms with Gasteiger partial charge in [-0.05, 0) is 25.7 Å². The Balaban J connectivity index is 1.39. The summed E-state index contributed by atoms with van der Waals surface area (Å²) in [5, 5.41) is 26.5. The van der Waals surface area contributed by atoms with Crippen molar-refractivity contribution in [2.75, 3.05) is 37.8 Å². The minimum absolute atomic E-state index is 0.0129. The summed E-state index contributed by atoms with van der Waals surface area (Å²) in [6.45, 7) is 2.58. The van der Waals surface area contributed by atoms with E-state index in [9.17, 15) is 57.9 Å². The number of nitrogens with one attached hydrogen (secondary N) is 2. The Morgan fingerprint density at radius 2 is 1.63 bits per heavy atom. The molecular weight excluding hydrogens is 903 g/mol. The minimum atomic E-state index is -5.58. The number of hydrogen-bond acceptors (Lipinski definition) is 18. The molecule has 0 aliphatic carbocycles. The summed E-state index contributed by atoms with van der Waals surface area (Å²) < 4.78 is 62.3. The van der Waals surface area contributed by atoms with Crippen LogP contribution in [-0.2, 0) is 50.7 Å². The van der Waals surface area contributed by atoms with Crippen LogP contribution < -0.4 is 16.4 Å². The first kappa shape index (κ1) is 53.1. The monoisotopic (exact) mass is 957 g/mol. The average Bonchev–Trinajstić information content (AvgIpc) is 3.75. The first-order valence-electron chi connectivity index (χ1n) is 19.1. The highest BCUT2D eigenvalue weighted by molar-refractivity contribution is 8.13. The highest BCUT2D eigenvalue weighted by Gasteiger charge is 2.50. The molecule has 2 amide bonds. The molecule has 24 nitrogen and oxygen atoms in total. The summed E-state index contributed by atoms with van der Waals surface area (Å²) in [6.07, 6.45) is 9.03. The summed E-state index contributed by atoms with van der Waals surface area (Å²) in [7, 11) is -16.4. The van der Waals surface area contributed by atoms with Gasteiger partial charge in [0.1, 0.15) is 36.3 Å². The second kappa shape index (κ2) is 24.7. The maximum absolute atomic E-state index is 12.7. The van der Waals surface area contributed by atoms with Crippen LogP contribution in [0.2, 0.25) is 0 Å². The van der Waals surface area contributed by atoms with Gasteiger partial charge in [0.25, 0.3) is 0 Å². The lowest BCUT2D eigenvalue weighted by atomic mass is 9.87. The number of nitrogen functional groups attached to an aromatic ring is 1. The highest BCUT2D eigenvalue weighted by Crippen LogP contribution is 2.61. The Morgan fingerprint density at radius 1 is 0.968 bits per heavy atom. The topological polar surface area (TPSA) is 364 Å². The van der Waals surface area contributed by atoms with Gasteiger partial charge in [-0.1, -0.05) is 69.0 Å². The number of anilines is 1. The molecule has 2 aromatic heterocycles. The number of fused-ring (bicyclic) bond motifs is 1. The molecule has 1 saturated heterocycles. The number of aliphatic hydroxyl groups excluding tert-OH is 2. The number of nitrogens with two attached hydrogens (primary N) is 1. The number of thioether (sulfide) groups is 1. The molecule has 1 aliphatic rings. The zero-order valence-corrected chi connectivity index (χ0v) is 37.6. The van der Waals surface area contributed by atoms with Gasteiger partial charge in [-0.3, -0.25) is 32.5 Å². The summed E-state index contributed by atoms with van der Waals surface area (Å²) in [5.41, 5.74) is 4.27. The molecule has 0 bridgehead atoms. The largest absolute Gasteiger partial charge is 0.481 e. The van der Waals surface area contributed by atoms with Crippen molar-refractivity contribution in [1.82, 2.24) is 30.2 Å². The van der Waals surface area contributed by atoms with E-state index in [0.29, 0.717) is 18.6 Å². The molecule has 7 unspecified atom stereocenters. The standard InChI is InChI=1S/C34H54N7O17P3S/c1-4-5-6-7-8-9-10-11-12-13-14-25(43)62-18-17-36-24(42)15-16-37-32(46)29(45)34(2,3)20-55-61(52,53)58-60(50,51)54-19-23-28(57-59(47,48)49)27(44)33(56-23)41-22-40-26-30(35)38-21-39-31(26)41/h5-6,8-9,11-12,21-23,27-29,33,44-45H,4,7,10,13-20H2,1-3H3,(H,36,42)(H,37,46)(H,50,51)(H,52,53)(H2,35,38,39)(H2,47,48,49)/b6-5+,9-8+,12-11+. The van der Waals surface area contributed by atoms with Gasteiger partial charge in [0.15, 0.2) is 22.8 Å². The zero-order valence-electron chi connectivity index (χ0n) is 34.1. The van der Waals surface area contributed by atoms with E-state index in [1.165, 1.54) is 13.8 Å². The number of carbonyl (C=O) groups excluding carboxylic acids is 3. The van der Waals surface area contributed by atoms with Gasteiger partial charge < -0.3 is 50.9 Å². The molecule has 28 heteroatoms. The normalized spacial score (nSPS) is 21.1. The third-order valence-electron chi connectivity index (χ3n) is 8.56. The van der Waals surface area contributed by atoms with E-state index < -0.39 is 84.6 Å². The molecule has 0 spiro atoms. The second-order valence-corrected chi connectivity index (χ2v) is 19.5. The molecule has 0 radical (unpaired) electrons. The molecule has 1 aliphatic heterocycles. The van der Waals surface area contributed by atoms with Crippen LogP contribution in [0.1, 0.15) is 65.5 Å². The van der Waals surface area contributed by atoms with E-state index in [1.807, 2.05) is 12.2 Å². The van der Waals surface area contributed by atoms with Crippen molar-refractivity contribution in [2.24, 2.45) is 5.41 Å². The number of hydrogen-bond donors (Lipinski definition) is 9. The Bertz CT molecular complexity index is 2050. The van der Waals surface area contributed by atoms with Crippen LogP contribution >= 0.6 is 35.2 Å². The van der Waals surface area contributed by atoms with Crippen molar-refractivity contribution in [1.29, 1.82) is 0 Å². The number of ether oxygens (including phenoxy) is 1. The van der Waals surface area contributed by atoms with Gasteiger partial charge in [0.05, 0.1) is 19.5 Å². The molecule has 1 fully saturated rings. The van der Waals surface area contributed by atoms with Gasteiger partial charge in [-0.2, -0.15) is 4.31 Å². The van der Waals surface area contributed by atoms with Crippen molar-refractivity contribution in [3.8, 4) is 0 Å². The van der Waals surface area contributed by atoms with Gasteiger partial charge >= 0.3 is 23.5 Å². The first-order chi connectivity index (χ1) is 29.1. The van der Waals surface area contributed by atoms with E-state index in [0.717, 1.165) is 48.2 Å². The molecular formula is C34H54N7O17P3S. The highest BCUT2D eigenvalue weighted by atomic mass is 32.2. The number of carbonyl (C=O) groups is 3. The van der Waals surface area contributed by atoms with Crippen LogP contribution in [0.15, 0.2) is 49.1 Å². The fraction of sp³-hybridized carbons (Fsp3) is 0.588. The number of phosphoric ester groups is 3. The first-order valence-corrected chi connectivity index (χ1v) is 24.6. The smallest absolute Gasteiger partial charge is 0.386 e. The van der Waals surface area contributed by atoms with Crippen LogP contribution in [0.3, 0.4) is 0 Å². The Labute approximate surface area is 361 Å². The van der Waals surface area contributed by atoms with E-state index in [2.05, 4.69) is 65.6 Å². The predicted octanol–water partition coefficient (Wildman–Crippen LogP) is 2.30. The lowest BCUT2D eigenvalue weighted by Crippen LogP contribution is -2.46. The molecule has 348 valence electrons. The second-order valence-electron chi connectivity index (χ2n) is 14.1. The third kappa shape index (κ3) is 18.1. The molecule has 7 atom stereocenters. The molecule has 2 aromatic rings. The number of aliphatic hydroxyl groups is 2. The number of imidazole rings is 1. The number of rotatable bonds is 27. The number of nitrogens with zero attached hydrogens (tertiary/aromatic N) is 4. The molecule has 0 aromatic carbocycles. The minimum Gasteiger partial charge on any atom is -0.386 e. The lowest BCUT2D eigenvalue weighted by molar-refractivity contribution is -0.137. The van der Waals surface area contributed by atoms with E-state index >= 15 is 0 Å². The molecule has 3 heterocycles. The molecule has 0 saturated carbocycles. The van der Waals surface area contributed by atoms with Gasteiger partial charge in [-0.15, -0.1) is 0 Å². The number of amides is 2. The maximum atomic E-state index is 12.7. The van der Waals surface area contributed by atoms with Crippen molar-refractivity contribution in [3.63, 3.8) is 0 Å². The fourth-order valence-corrected chi connectivity index (χ4v) is 8.92. The summed E-state index contributed by atoms with van der Waals surface area (Å²) >= 11 is 1.09. The molecule has 3 rings (SSSR count). The van der Waals surface area contributed by atoms with E-state index in [4.69, 9.17) is 19.5 Å². The van der Waals surface area contributed by atoms with Crippen LogP contribution in [0.25, 0.3) is 11.2 Å². The number of allylic oxidation sites excluding steroid dienone is 6. The molecule has 10 N–H and O–H groups in total. The average molecular weight is 958 g/mol. The summed E-state index contributed by atoms with van der Waals surface area (Å²) in [4.78, 5) is 88.0. The predicted molar refractivity (Wildman–Crippen MR) is 223 cm³/mol. The van der Waals surface area contributed by atoms with Crippen LogP contribution in [0.4, 0.5) is 5.82 Å². The van der Waals surface area contributed by atoms with Gasteiger partial charge in [-0.25, -0.2) is 28.6 Å². The van der Waals surface area contributed by atoms with Crippen molar-refractivity contribution < 1.29 is 80.5 Å². The van der Waals surface area contributed by atoms with E-state index in [-0.39, 0.29) is 41.6 Å². The summed E-state index contributed by atoms with van der Waals surface area (Å²) in [6, 6.07) is 0. The Morgan fingerprint density at radius 3 is 2.31 bits per heavy atom. The van der Waals surface area contributed by atoms with Crippen LogP contribution in [-0.4, -0.2) is 123 Å². The molecule has 62 heavy (non-hydrogen) atoms. The van der Waals surface area contributed by atoms with Crippen molar-refractivity contribution in [2.45, 2.75) is 89.9 Å². The Hall–Kier alpha value is -3.22. The fourth-order valence-electron chi connectivity index (χ4n) is 5.39. The van der Waals surface area contributed by atoms with Crippen LogP contribution in [0, 0.1) is 5.41 Å². The SMILES string of the molecule is CC/C=C/C/C=C/C/C=C/CCC(=O)SCCNC(=O)CCNC(=O)C(O)C(C)(C)COP(=O)(O)OP(=O)(O)OCC1OC(n2cnc3c(N)ncnc32)C(O)C1OP(=O)(O)O. The summed E-state index contributed by atoms with van der Waals surface area (Å²) in [5.74, 6) is -1.10. The maximum Gasteiger partial charge on any atom is 0.481 e. The van der Waals surface area contributed by atoms with Gasteiger partial charge in [0, 0.05) is 37.1 Å². The van der Waals surface area contributed by atoms with Crippen LogP contribution in [0.5, 0.6) is 0 Å². The van der Waals surface area contributed by atoms with Gasteiger partial charge in [0.2, 0.25) is 11.8 Å². The number of aromatic nitrogens is 4. The third-order valence-corrected chi connectivity index (χ3v) is 12.6. The van der Waals surface area contributed by atoms with Crippen molar-refractivity contribution >= 4 is 69.1 Å². The van der Waals surface area contributed by atoms with E-state index in [1.54, 1.807) is 0 Å².